The molecule has 5 nitrogen and oxygen atoms in total. The van der Waals surface area contributed by atoms with Crippen molar-refractivity contribution >= 4 is 6.03 Å². The van der Waals surface area contributed by atoms with Crippen LogP contribution in [0.3, 0.4) is 0 Å². The van der Waals surface area contributed by atoms with Crippen molar-refractivity contribution in [2.45, 2.75) is 45.8 Å². The molecule has 5 heteroatoms. The second-order valence-electron chi connectivity index (χ2n) is 6.07. The zero-order valence-corrected chi connectivity index (χ0v) is 14.4. The highest BCUT2D eigenvalue weighted by Gasteiger charge is 2.23. The van der Waals surface area contributed by atoms with E-state index in [2.05, 4.69) is 5.32 Å². The molecule has 2 rings (SSSR count). The van der Waals surface area contributed by atoms with E-state index in [1.54, 1.807) is 0 Å². The molecule has 128 valence electrons. The number of piperidine rings is 1. The summed E-state index contributed by atoms with van der Waals surface area (Å²) in [6.07, 6.45) is 2.06. The Hall–Kier alpha value is -1.75. The quantitative estimate of drug-likeness (QED) is 0.877. The Morgan fingerprint density at radius 1 is 1.39 bits per heavy atom. The molecule has 1 saturated heterocycles. The van der Waals surface area contributed by atoms with Crippen LogP contribution in [0.5, 0.6) is 5.75 Å². The largest absolute Gasteiger partial charge is 0.489 e. The number of likely N-dealkylation sites (tertiary alicyclic amines) is 1. The lowest BCUT2D eigenvalue weighted by Crippen LogP contribution is -2.47. The van der Waals surface area contributed by atoms with E-state index < -0.39 is 0 Å². The highest BCUT2D eigenvalue weighted by atomic mass is 16.5. The summed E-state index contributed by atoms with van der Waals surface area (Å²) in [5, 5.41) is 2.96. The molecule has 23 heavy (non-hydrogen) atoms. The number of carbonyl (C=O) groups is 1. The van der Waals surface area contributed by atoms with Gasteiger partial charge in [0.15, 0.2) is 0 Å². The van der Waals surface area contributed by atoms with Gasteiger partial charge >= 0.3 is 6.03 Å². The zero-order valence-electron chi connectivity index (χ0n) is 14.4. The highest BCUT2D eigenvalue weighted by Crippen LogP contribution is 2.15. The number of nitrogens with zero attached hydrogens (tertiary/aromatic N) is 1. The average molecular weight is 320 g/mol. The predicted molar refractivity (Wildman–Crippen MR) is 90.9 cm³/mol. The number of ether oxygens (including phenoxy) is 2. The number of benzene rings is 1. The first-order valence-electron chi connectivity index (χ1n) is 8.46. The van der Waals surface area contributed by atoms with E-state index >= 15 is 0 Å². The minimum Gasteiger partial charge on any atom is -0.489 e. The molecule has 1 fully saturated rings. The van der Waals surface area contributed by atoms with Crippen molar-refractivity contribution in [1.29, 1.82) is 0 Å². The molecule has 0 spiro atoms. The summed E-state index contributed by atoms with van der Waals surface area (Å²) >= 11 is 0. The van der Waals surface area contributed by atoms with E-state index in [0.717, 1.165) is 43.9 Å². The van der Waals surface area contributed by atoms with Crippen LogP contribution in [0.25, 0.3) is 0 Å². The van der Waals surface area contributed by atoms with Crippen LogP contribution in [0.4, 0.5) is 4.79 Å². The molecule has 0 radical (unpaired) electrons. The van der Waals surface area contributed by atoms with Gasteiger partial charge in [-0.15, -0.1) is 0 Å². The monoisotopic (exact) mass is 320 g/mol. The van der Waals surface area contributed by atoms with Crippen molar-refractivity contribution in [3.05, 3.63) is 29.8 Å². The van der Waals surface area contributed by atoms with Gasteiger partial charge in [0.1, 0.15) is 11.9 Å². The molecule has 1 N–H and O–H groups in total. The molecule has 1 atom stereocenters. The number of hydrogen-bond acceptors (Lipinski definition) is 3. The van der Waals surface area contributed by atoms with Crippen LogP contribution in [-0.2, 0) is 4.74 Å². The summed E-state index contributed by atoms with van der Waals surface area (Å²) in [6, 6.07) is 7.92. The van der Waals surface area contributed by atoms with Crippen molar-refractivity contribution in [3.63, 3.8) is 0 Å². The van der Waals surface area contributed by atoms with Gasteiger partial charge in [0.05, 0.1) is 12.6 Å². The van der Waals surface area contributed by atoms with Crippen molar-refractivity contribution < 1.29 is 14.3 Å². The number of hydrogen-bond donors (Lipinski definition) is 1. The number of rotatable bonds is 6. The van der Waals surface area contributed by atoms with E-state index in [1.165, 1.54) is 0 Å². The molecule has 1 aliphatic rings. The molecule has 1 aromatic carbocycles. The summed E-state index contributed by atoms with van der Waals surface area (Å²) in [6.45, 7) is 8.75. The van der Waals surface area contributed by atoms with Crippen LogP contribution in [0, 0.1) is 6.92 Å². The van der Waals surface area contributed by atoms with Crippen molar-refractivity contribution in [1.82, 2.24) is 10.2 Å². The fourth-order valence-electron chi connectivity index (χ4n) is 2.77. The Balaban J connectivity index is 1.70. The predicted octanol–water partition coefficient (Wildman–Crippen LogP) is 2.97. The van der Waals surface area contributed by atoms with Crippen LogP contribution in [0.15, 0.2) is 24.3 Å². The fraction of sp³-hybridized carbons (Fsp3) is 0.611. The Morgan fingerprint density at radius 3 is 2.78 bits per heavy atom. The van der Waals surface area contributed by atoms with Gasteiger partial charge in [0, 0.05) is 19.7 Å². The smallest absolute Gasteiger partial charge is 0.317 e. The first-order chi connectivity index (χ1) is 11.1. The minimum absolute atomic E-state index is 0.0142. The summed E-state index contributed by atoms with van der Waals surface area (Å²) in [5.74, 6) is 0.837. The molecule has 1 aromatic rings. The van der Waals surface area contributed by atoms with Gasteiger partial charge in [-0.05, 0) is 51.3 Å². The van der Waals surface area contributed by atoms with Crippen LogP contribution >= 0.6 is 0 Å². The molecule has 0 bridgehead atoms. The van der Waals surface area contributed by atoms with Gasteiger partial charge in [-0.25, -0.2) is 4.79 Å². The zero-order chi connectivity index (χ0) is 16.7. The first-order valence-corrected chi connectivity index (χ1v) is 8.46. The van der Waals surface area contributed by atoms with E-state index in [1.807, 2.05) is 49.9 Å². The summed E-state index contributed by atoms with van der Waals surface area (Å²) in [4.78, 5) is 14.0. The third-order valence-corrected chi connectivity index (χ3v) is 4.00. The highest BCUT2D eigenvalue weighted by molar-refractivity contribution is 5.74. The van der Waals surface area contributed by atoms with Crippen molar-refractivity contribution in [3.8, 4) is 5.75 Å². The maximum Gasteiger partial charge on any atom is 0.317 e. The summed E-state index contributed by atoms with van der Waals surface area (Å²) < 4.78 is 11.4. The number of amides is 2. The average Bonchev–Trinajstić information content (AvgIpc) is 2.54. The lowest BCUT2D eigenvalue weighted by Gasteiger charge is -2.32. The first kappa shape index (κ1) is 17.6. The van der Waals surface area contributed by atoms with Gasteiger partial charge in [-0.3, -0.25) is 0 Å². The van der Waals surface area contributed by atoms with Gasteiger partial charge in [-0.2, -0.15) is 0 Å². The van der Waals surface area contributed by atoms with E-state index in [4.69, 9.17) is 9.47 Å². The molecule has 0 saturated carbocycles. The molecule has 0 aromatic heterocycles. The third kappa shape index (κ3) is 5.75. The van der Waals surface area contributed by atoms with Gasteiger partial charge in [-0.1, -0.05) is 12.1 Å². The molecule has 2 amide bonds. The Labute approximate surface area is 139 Å². The van der Waals surface area contributed by atoms with E-state index in [-0.39, 0.29) is 12.1 Å². The summed E-state index contributed by atoms with van der Waals surface area (Å²) in [7, 11) is 0. The van der Waals surface area contributed by atoms with Crippen LogP contribution < -0.4 is 10.1 Å². The van der Waals surface area contributed by atoms with Crippen LogP contribution in [0.1, 0.15) is 32.3 Å². The minimum atomic E-state index is -0.0679. The molecular weight excluding hydrogens is 292 g/mol. The topological polar surface area (TPSA) is 50.8 Å². The second kappa shape index (κ2) is 8.77. The maximum absolute atomic E-state index is 12.2. The Bertz CT molecular complexity index is 499. The SMILES string of the molecule is CCOC1CCN(C(=O)NC[C@H](C)Oc2cccc(C)c2)CC1. The second-order valence-corrected chi connectivity index (χ2v) is 6.07. The van der Waals surface area contributed by atoms with Gasteiger partial charge in [0.2, 0.25) is 0 Å². The maximum atomic E-state index is 12.2. The Kier molecular flexibility index (Phi) is 6.71. The molecule has 1 heterocycles. The van der Waals surface area contributed by atoms with E-state index in [9.17, 15) is 4.79 Å². The Morgan fingerprint density at radius 2 is 2.13 bits per heavy atom. The number of nitrogens with one attached hydrogen (secondary N) is 1. The number of carbonyl (C=O) groups excluding carboxylic acids is 1. The lowest BCUT2D eigenvalue weighted by atomic mass is 10.1. The van der Waals surface area contributed by atoms with Crippen LogP contribution in [0.2, 0.25) is 0 Å². The van der Waals surface area contributed by atoms with Gasteiger partial charge in [0.25, 0.3) is 0 Å². The molecule has 0 aliphatic carbocycles. The van der Waals surface area contributed by atoms with Crippen LogP contribution in [-0.4, -0.2) is 49.4 Å². The summed E-state index contributed by atoms with van der Waals surface area (Å²) in [5.41, 5.74) is 1.16. The molecular formula is C18H28N2O3. The van der Waals surface area contributed by atoms with Gasteiger partial charge < -0.3 is 19.7 Å². The number of urea groups is 1. The normalized spacial score (nSPS) is 16.9. The standard InChI is InChI=1S/C18H28N2O3/c1-4-22-16-8-10-20(11-9-16)18(21)19-13-15(3)23-17-7-5-6-14(2)12-17/h5-7,12,15-16H,4,8-11,13H2,1-3H3,(H,19,21)/t15-/m0/s1. The lowest BCUT2D eigenvalue weighted by molar-refractivity contribution is 0.0218. The number of aryl methyl sites for hydroxylation is 1. The van der Waals surface area contributed by atoms with Crippen molar-refractivity contribution in [2.75, 3.05) is 26.2 Å². The third-order valence-electron chi connectivity index (χ3n) is 4.00. The van der Waals surface area contributed by atoms with E-state index in [0.29, 0.717) is 12.6 Å². The van der Waals surface area contributed by atoms with Crippen molar-refractivity contribution in [2.24, 2.45) is 0 Å². The molecule has 0 unspecified atom stereocenters. The molecule has 1 aliphatic heterocycles. The fourth-order valence-corrected chi connectivity index (χ4v) is 2.77.